The highest BCUT2D eigenvalue weighted by Gasteiger charge is 2.18. The Balaban J connectivity index is 2.31. The number of hydrogen-bond donors (Lipinski definition) is 0. The highest BCUT2D eigenvalue weighted by atomic mass is 16.3. The molecule has 74 valence electrons. The summed E-state index contributed by atoms with van der Waals surface area (Å²) in [6.45, 7) is 4.11. The van der Waals surface area contributed by atoms with Crippen molar-refractivity contribution < 1.29 is 4.42 Å². The van der Waals surface area contributed by atoms with Crippen LogP contribution < -0.4 is 0 Å². The average Bonchev–Trinajstić information content (AvgIpc) is 2.71. The van der Waals surface area contributed by atoms with Gasteiger partial charge >= 0.3 is 0 Å². The van der Waals surface area contributed by atoms with Crippen molar-refractivity contribution in [1.82, 2.24) is 0 Å². The van der Waals surface area contributed by atoms with Gasteiger partial charge in [-0.05, 0) is 30.0 Å². The normalized spacial score (nSPS) is 14.3. The van der Waals surface area contributed by atoms with E-state index >= 15 is 0 Å². The Morgan fingerprint density at radius 3 is 2.80 bits per heavy atom. The van der Waals surface area contributed by atoms with Gasteiger partial charge in [-0.15, -0.1) is 0 Å². The molecular formula is C14H12O. The van der Waals surface area contributed by atoms with Crippen LogP contribution in [0, 0.1) is 0 Å². The summed E-state index contributed by atoms with van der Waals surface area (Å²) < 4.78 is 5.57. The first-order valence-electron chi connectivity index (χ1n) is 5.20. The van der Waals surface area contributed by atoms with E-state index in [0.717, 1.165) is 18.6 Å². The van der Waals surface area contributed by atoms with E-state index in [9.17, 15) is 0 Å². The van der Waals surface area contributed by atoms with Crippen LogP contribution in [0.5, 0.6) is 0 Å². The third kappa shape index (κ3) is 1.23. The minimum Gasteiger partial charge on any atom is -0.464 e. The minimum atomic E-state index is 0.980. The Labute approximate surface area is 89.0 Å². The van der Waals surface area contributed by atoms with Gasteiger partial charge in [0, 0.05) is 11.1 Å². The molecule has 1 aliphatic carbocycles. The molecule has 0 spiro atoms. The number of rotatable bonds is 0. The van der Waals surface area contributed by atoms with Gasteiger partial charge < -0.3 is 4.42 Å². The third-order valence-corrected chi connectivity index (χ3v) is 3.00. The Kier molecular flexibility index (Phi) is 1.78. The van der Waals surface area contributed by atoms with E-state index in [0.29, 0.717) is 0 Å². The SMILES string of the molecule is C=C1CCc2ccccc2-c2occc21. The van der Waals surface area contributed by atoms with Gasteiger partial charge in [-0.3, -0.25) is 0 Å². The molecule has 0 unspecified atom stereocenters. The number of allylic oxidation sites excluding steroid dienone is 1. The predicted molar refractivity (Wildman–Crippen MR) is 61.5 cm³/mol. The smallest absolute Gasteiger partial charge is 0.141 e. The lowest BCUT2D eigenvalue weighted by molar-refractivity contribution is 0.581. The summed E-state index contributed by atoms with van der Waals surface area (Å²) in [6.07, 6.45) is 3.82. The molecule has 1 heterocycles. The van der Waals surface area contributed by atoms with Gasteiger partial charge in [-0.2, -0.15) is 0 Å². The van der Waals surface area contributed by atoms with E-state index in [-0.39, 0.29) is 0 Å². The quantitative estimate of drug-likeness (QED) is 0.622. The van der Waals surface area contributed by atoms with Crippen LogP contribution in [-0.4, -0.2) is 0 Å². The second-order valence-electron chi connectivity index (χ2n) is 3.92. The van der Waals surface area contributed by atoms with Crippen LogP contribution in [0.3, 0.4) is 0 Å². The van der Waals surface area contributed by atoms with Crippen LogP contribution in [0.25, 0.3) is 16.9 Å². The number of hydrogen-bond acceptors (Lipinski definition) is 1. The second kappa shape index (κ2) is 3.13. The largest absolute Gasteiger partial charge is 0.464 e. The van der Waals surface area contributed by atoms with Crippen molar-refractivity contribution in [3.05, 3.63) is 54.3 Å². The van der Waals surface area contributed by atoms with Gasteiger partial charge in [0.25, 0.3) is 0 Å². The molecule has 0 saturated carbocycles. The number of furan rings is 1. The first-order chi connectivity index (χ1) is 7.36. The topological polar surface area (TPSA) is 13.1 Å². The van der Waals surface area contributed by atoms with E-state index < -0.39 is 0 Å². The van der Waals surface area contributed by atoms with Gasteiger partial charge in [0.2, 0.25) is 0 Å². The van der Waals surface area contributed by atoms with E-state index in [1.807, 2.05) is 6.07 Å². The molecule has 0 aliphatic heterocycles. The molecule has 0 bridgehead atoms. The molecule has 0 N–H and O–H groups in total. The molecule has 1 heteroatoms. The molecule has 0 fully saturated rings. The maximum absolute atomic E-state index is 5.57. The first-order valence-corrected chi connectivity index (χ1v) is 5.20. The Morgan fingerprint density at radius 1 is 1.00 bits per heavy atom. The monoisotopic (exact) mass is 196 g/mol. The standard InChI is InChI=1S/C14H12O/c1-10-6-7-11-4-2-3-5-13(11)14-12(10)8-9-15-14/h2-5,8-9H,1,6-7H2. The summed E-state index contributed by atoms with van der Waals surface area (Å²) in [7, 11) is 0. The zero-order valence-corrected chi connectivity index (χ0v) is 8.49. The van der Waals surface area contributed by atoms with Crippen molar-refractivity contribution in [2.75, 3.05) is 0 Å². The van der Waals surface area contributed by atoms with Crippen LogP contribution in [0.4, 0.5) is 0 Å². The maximum atomic E-state index is 5.57. The minimum absolute atomic E-state index is 0.980. The zero-order valence-electron chi connectivity index (χ0n) is 8.49. The summed E-state index contributed by atoms with van der Waals surface area (Å²) in [5.41, 5.74) is 4.92. The van der Waals surface area contributed by atoms with E-state index in [1.54, 1.807) is 6.26 Å². The van der Waals surface area contributed by atoms with Gasteiger partial charge in [-0.1, -0.05) is 30.8 Å². The fourth-order valence-corrected chi connectivity index (χ4v) is 2.18. The van der Waals surface area contributed by atoms with Crippen LogP contribution in [0.1, 0.15) is 17.5 Å². The van der Waals surface area contributed by atoms with Crippen molar-refractivity contribution in [3.63, 3.8) is 0 Å². The maximum Gasteiger partial charge on any atom is 0.141 e. The molecule has 1 nitrogen and oxygen atoms in total. The summed E-state index contributed by atoms with van der Waals surface area (Å²) in [6, 6.07) is 10.4. The molecule has 1 aromatic heterocycles. The highest BCUT2D eigenvalue weighted by Crippen LogP contribution is 2.37. The van der Waals surface area contributed by atoms with Crippen LogP contribution >= 0.6 is 0 Å². The Bertz CT molecular complexity index is 520. The molecule has 3 rings (SSSR count). The van der Waals surface area contributed by atoms with Gasteiger partial charge in [-0.25, -0.2) is 0 Å². The lowest BCUT2D eigenvalue weighted by Crippen LogP contribution is -1.85. The van der Waals surface area contributed by atoms with Crippen LogP contribution in [-0.2, 0) is 6.42 Å². The lowest BCUT2D eigenvalue weighted by atomic mass is 10.0. The molecule has 0 saturated heterocycles. The first kappa shape index (κ1) is 8.54. The second-order valence-corrected chi connectivity index (χ2v) is 3.92. The highest BCUT2D eigenvalue weighted by molar-refractivity contribution is 5.80. The average molecular weight is 196 g/mol. The predicted octanol–water partition coefficient (Wildman–Crippen LogP) is 3.91. The molecular weight excluding hydrogens is 184 g/mol. The van der Waals surface area contributed by atoms with Crippen molar-refractivity contribution in [2.45, 2.75) is 12.8 Å². The van der Waals surface area contributed by atoms with Crippen LogP contribution in [0.2, 0.25) is 0 Å². The van der Waals surface area contributed by atoms with Crippen molar-refractivity contribution >= 4 is 5.57 Å². The van der Waals surface area contributed by atoms with Crippen molar-refractivity contribution in [2.24, 2.45) is 0 Å². The number of fused-ring (bicyclic) bond motifs is 3. The molecule has 0 radical (unpaired) electrons. The van der Waals surface area contributed by atoms with E-state index in [4.69, 9.17) is 4.42 Å². The van der Waals surface area contributed by atoms with Crippen molar-refractivity contribution in [1.29, 1.82) is 0 Å². The van der Waals surface area contributed by atoms with E-state index in [2.05, 4.69) is 30.8 Å². The fraction of sp³-hybridized carbons (Fsp3) is 0.143. The number of aryl methyl sites for hydroxylation is 1. The molecule has 0 amide bonds. The van der Waals surface area contributed by atoms with E-state index in [1.165, 1.54) is 22.3 Å². The Morgan fingerprint density at radius 2 is 1.87 bits per heavy atom. The fourth-order valence-electron chi connectivity index (χ4n) is 2.18. The molecule has 1 aliphatic rings. The van der Waals surface area contributed by atoms with Gasteiger partial charge in [0.1, 0.15) is 5.76 Å². The third-order valence-electron chi connectivity index (χ3n) is 3.00. The summed E-state index contributed by atoms with van der Waals surface area (Å²) in [5.74, 6) is 0.980. The molecule has 2 aromatic rings. The zero-order chi connectivity index (χ0) is 10.3. The van der Waals surface area contributed by atoms with Gasteiger partial charge in [0.15, 0.2) is 0 Å². The Hall–Kier alpha value is -1.76. The summed E-state index contributed by atoms with van der Waals surface area (Å²) in [4.78, 5) is 0. The van der Waals surface area contributed by atoms with Gasteiger partial charge in [0.05, 0.1) is 6.26 Å². The number of benzene rings is 1. The summed E-state index contributed by atoms with van der Waals surface area (Å²) >= 11 is 0. The molecule has 1 aromatic carbocycles. The van der Waals surface area contributed by atoms with Crippen LogP contribution in [0.15, 0.2) is 47.6 Å². The molecule has 0 atom stereocenters. The summed E-state index contributed by atoms with van der Waals surface area (Å²) in [5, 5.41) is 0. The molecule has 15 heavy (non-hydrogen) atoms. The van der Waals surface area contributed by atoms with Crippen molar-refractivity contribution in [3.8, 4) is 11.3 Å². The lowest BCUT2D eigenvalue weighted by Gasteiger charge is -2.02.